The normalized spacial score (nSPS) is 15.5. The van der Waals surface area contributed by atoms with Crippen LogP contribution in [-0.4, -0.2) is 14.5 Å². The minimum Gasteiger partial charge on any atom is -0.501 e. The fourth-order valence-corrected chi connectivity index (χ4v) is 7.96. The van der Waals surface area contributed by atoms with Gasteiger partial charge in [-0.05, 0) is 90.4 Å². The van der Waals surface area contributed by atoms with Crippen LogP contribution in [0.5, 0.6) is 0 Å². The van der Waals surface area contributed by atoms with Crippen molar-refractivity contribution < 1.29 is 32.7 Å². The Kier molecular flexibility index (Phi) is 9.41. The zero-order chi connectivity index (χ0) is 42.3. The number of para-hydroxylation sites is 3. The predicted octanol–water partition coefficient (Wildman–Crippen LogP) is 13.8. The van der Waals surface area contributed by atoms with Gasteiger partial charge in [-0.25, -0.2) is 0 Å². The van der Waals surface area contributed by atoms with Crippen molar-refractivity contribution in [3.8, 4) is 28.3 Å². The van der Waals surface area contributed by atoms with E-state index in [9.17, 15) is 0 Å². The molecule has 1 saturated carbocycles. The summed E-state index contributed by atoms with van der Waals surface area (Å²) in [5.74, 6) is 2.26. The van der Waals surface area contributed by atoms with E-state index in [0.29, 0.717) is 29.0 Å². The number of benzene rings is 5. The van der Waals surface area contributed by atoms with Crippen LogP contribution in [0.2, 0.25) is 0 Å². The zero-order valence-corrected chi connectivity index (χ0v) is 34.1. The van der Waals surface area contributed by atoms with Crippen molar-refractivity contribution in [1.29, 1.82) is 0 Å². The van der Waals surface area contributed by atoms with Gasteiger partial charge in [-0.1, -0.05) is 112 Å². The molecular formula is C50H49IrN3O-2. The summed E-state index contributed by atoms with van der Waals surface area (Å²) in [5, 5.41) is 2.29. The molecule has 9 rings (SSSR count). The Morgan fingerprint density at radius 2 is 1.53 bits per heavy atom. The summed E-state index contributed by atoms with van der Waals surface area (Å²) in [5.41, 5.74) is 10.7. The maximum Gasteiger partial charge on any atom is 0.121 e. The standard InChI is InChI=1S/C37H37N2O.C13H12N.Ir/c1-23(2)27-14-10-15-28(24(3)4)35(27)39-33-19-9-8-18-32(33)38-37(39)31-17-11-16-30-29-21-20-26(22-34(29)40-36(30)31)25-12-6-5-7-13-25;1-10-8-13(14-9-11(10)2)12-6-4-3-5-7-12;/h8-11,14-16,18-25H,5-7,12-13H2,1-4H3;3-6,8-9H,1-2H3;/q2*-1;/i;1D3,2D3;. The molecule has 0 bridgehead atoms. The Morgan fingerprint density at radius 3 is 2.25 bits per heavy atom. The summed E-state index contributed by atoms with van der Waals surface area (Å²) in [7, 11) is 0. The van der Waals surface area contributed by atoms with Gasteiger partial charge in [-0.3, -0.25) is 4.98 Å². The smallest absolute Gasteiger partial charge is 0.121 e. The maximum atomic E-state index is 7.50. The Hall–Kier alpha value is -4.83. The summed E-state index contributed by atoms with van der Waals surface area (Å²) in [6.07, 6.45) is 7.69. The summed E-state index contributed by atoms with van der Waals surface area (Å²) >= 11 is 0. The van der Waals surface area contributed by atoms with Crippen molar-refractivity contribution in [3.05, 3.63) is 149 Å². The summed E-state index contributed by atoms with van der Waals surface area (Å²) in [6, 6.07) is 41.0. The predicted molar refractivity (Wildman–Crippen MR) is 225 cm³/mol. The molecular weight excluding hydrogens is 851 g/mol. The quantitative estimate of drug-likeness (QED) is 0.156. The Bertz CT molecular complexity index is 2770. The Morgan fingerprint density at radius 1 is 0.764 bits per heavy atom. The summed E-state index contributed by atoms with van der Waals surface area (Å²) in [4.78, 5) is 9.29. The number of aromatic nitrogens is 3. The fraction of sp³-hybridized carbons (Fsp3) is 0.280. The largest absolute Gasteiger partial charge is 0.501 e. The van der Waals surface area contributed by atoms with Crippen LogP contribution >= 0.6 is 0 Å². The number of imidazole rings is 1. The minimum absolute atomic E-state index is 0. The first-order valence-electron chi connectivity index (χ1n) is 22.2. The van der Waals surface area contributed by atoms with Gasteiger partial charge in [0.2, 0.25) is 0 Å². The van der Waals surface area contributed by atoms with Gasteiger partial charge >= 0.3 is 0 Å². The molecule has 4 nitrogen and oxygen atoms in total. The van der Waals surface area contributed by atoms with Crippen molar-refractivity contribution >= 4 is 33.0 Å². The van der Waals surface area contributed by atoms with Crippen LogP contribution in [0.1, 0.15) is 114 Å². The van der Waals surface area contributed by atoms with Crippen molar-refractivity contribution in [3.63, 3.8) is 0 Å². The molecule has 1 fully saturated rings. The van der Waals surface area contributed by atoms with E-state index < -0.39 is 13.7 Å². The van der Waals surface area contributed by atoms with E-state index in [2.05, 4.69) is 116 Å². The molecule has 5 aromatic carbocycles. The number of hydrogen-bond donors (Lipinski definition) is 0. The molecule has 0 unspecified atom stereocenters. The molecule has 8 aromatic rings. The van der Waals surface area contributed by atoms with E-state index in [1.807, 2.05) is 6.07 Å². The van der Waals surface area contributed by atoms with E-state index >= 15 is 0 Å². The number of nitrogens with zero attached hydrogens (tertiary/aromatic N) is 3. The number of hydrogen-bond acceptors (Lipinski definition) is 3. The Balaban J connectivity index is 0.000000226. The van der Waals surface area contributed by atoms with Gasteiger partial charge in [0, 0.05) is 45.6 Å². The van der Waals surface area contributed by atoms with E-state index in [4.69, 9.17) is 17.6 Å². The second kappa shape index (κ2) is 16.5. The van der Waals surface area contributed by atoms with E-state index in [-0.39, 0.29) is 31.2 Å². The second-order valence-corrected chi connectivity index (χ2v) is 15.0. The molecule has 0 amide bonds. The number of furan rings is 1. The third-order valence-corrected chi connectivity index (χ3v) is 10.8. The number of aryl methyl sites for hydroxylation is 2. The molecule has 0 aliphatic heterocycles. The van der Waals surface area contributed by atoms with Gasteiger partial charge in [0.25, 0.3) is 0 Å². The molecule has 281 valence electrons. The number of pyridine rings is 1. The van der Waals surface area contributed by atoms with Crippen molar-refractivity contribution in [2.45, 2.75) is 91.3 Å². The van der Waals surface area contributed by atoms with Crippen molar-refractivity contribution in [2.75, 3.05) is 0 Å². The average Bonchev–Trinajstić information content (AvgIpc) is 3.82. The van der Waals surface area contributed by atoms with E-state index in [0.717, 1.165) is 50.6 Å². The van der Waals surface area contributed by atoms with Crippen molar-refractivity contribution in [2.24, 2.45) is 0 Å². The number of rotatable bonds is 6. The molecule has 0 atom stereocenters. The van der Waals surface area contributed by atoms with Crippen LogP contribution in [0.25, 0.3) is 61.3 Å². The molecule has 55 heavy (non-hydrogen) atoms. The van der Waals surface area contributed by atoms with Crippen LogP contribution in [0.15, 0.2) is 114 Å². The van der Waals surface area contributed by atoms with Gasteiger partial charge < -0.3 is 14.0 Å². The molecule has 3 aromatic heterocycles. The van der Waals surface area contributed by atoms with E-state index in [1.54, 1.807) is 24.3 Å². The molecule has 0 N–H and O–H groups in total. The van der Waals surface area contributed by atoms with Gasteiger partial charge in [-0.2, -0.15) is 0 Å². The minimum atomic E-state index is -2.50. The van der Waals surface area contributed by atoms with Crippen LogP contribution in [0.3, 0.4) is 0 Å². The zero-order valence-electron chi connectivity index (χ0n) is 37.7. The van der Waals surface area contributed by atoms with Gasteiger partial charge in [0.1, 0.15) is 5.58 Å². The molecule has 1 radical (unpaired) electrons. The topological polar surface area (TPSA) is 43.9 Å². The van der Waals surface area contributed by atoms with Crippen LogP contribution in [-0.2, 0) is 20.1 Å². The monoisotopic (exact) mass is 906 g/mol. The maximum absolute atomic E-state index is 7.50. The third kappa shape index (κ3) is 7.58. The average molecular weight is 906 g/mol. The summed E-state index contributed by atoms with van der Waals surface area (Å²) < 4.78 is 53.8. The van der Waals surface area contributed by atoms with Gasteiger partial charge in [0.05, 0.1) is 22.4 Å². The first-order valence-corrected chi connectivity index (χ1v) is 19.2. The molecule has 0 spiro atoms. The summed E-state index contributed by atoms with van der Waals surface area (Å²) in [6.45, 7) is 4.09. The molecule has 1 aliphatic rings. The van der Waals surface area contributed by atoms with Gasteiger partial charge in [0.15, 0.2) is 0 Å². The van der Waals surface area contributed by atoms with Crippen LogP contribution in [0, 0.1) is 25.8 Å². The van der Waals surface area contributed by atoms with Crippen molar-refractivity contribution in [1.82, 2.24) is 14.5 Å². The van der Waals surface area contributed by atoms with E-state index in [1.165, 1.54) is 60.5 Å². The second-order valence-electron chi connectivity index (χ2n) is 15.0. The molecule has 5 heteroatoms. The third-order valence-electron chi connectivity index (χ3n) is 10.8. The number of fused-ring (bicyclic) bond motifs is 4. The molecule has 3 heterocycles. The first kappa shape index (κ1) is 31.4. The van der Waals surface area contributed by atoms with Crippen LogP contribution < -0.4 is 0 Å². The Labute approximate surface area is 347 Å². The molecule has 0 saturated heterocycles. The van der Waals surface area contributed by atoms with Crippen LogP contribution in [0.4, 0.5) is 0 Å². The SMILES string of the molecule is CC(C)c1cccc(C(C)C)c1-n1c(-c2[c-]ccc3c2oc2cc(C4CCCCC4)ccc23)nc2ccccc21.[2H]C([2H])([2H])c1cnc(-c2[c-]cccc2)cc1C([2H])([2H])[2H].[Ir]. The first-order chi connectivity index (χ1) is 28.7. The fourth-order valence-electron chi connectivity index (χ4n) is 7.96. The molecule has 1 aliphatic carbocycles. The van der Waals surface area contributed by atoms with Gasteiger partial charge in [-0.15, -0.1) is 54.1 Å².